The highest BCUT2D eigenvalue weighted by Crippen LogP contribution is 2.40. The molecule has 3 saturated heterocycles. The molecule has 6 rings (SSSR count). The van der Waals surface area contributed by atoms with Crippen molar-refractivity contribution < 1.29 is 14.4 Å². The number of amides is 4. The Balaban J connectivity index is 1.13. The van der Waals surface area contributed by atoms with Crippen molar-refractivity contribution in [1.82, 2.24) is 20.2 Å². The molecule has 4 amide bonds. The van der Waals surface area contributed by atoms with Crippen LogP contribution in [0.1, 0.15) is 34.3 Å². The van der Waals surface area contributed by atoms with Crippen molar-refractivity contribution in [2.75, 3.05) is 24.5 Å². The number of fused-ring (bicyclic) bond motifs is 3. The molecule has 2 atom stereocenters. The minimum atomic E-state index is -0.546. The highest BCUT2D eigenvalue weighted by atomic mass is 35.5. The molecule has 0 aliphatic carbocycles. The summed E-state index contributed by atoms with van der Waals surface area (Å²) < 4.78 is 0. The van der Waals surface area contributed by atoms with E-state index in [1.165, 1.54) is 10.0 Å². The van der Waals surface area contributed by atoms with Crippen LogP contribution >= 0.6 is 23.2 Å². The monoisotopic (exact) mass is 499 g/mol. The molecule has 34 heavy (non-hydrogen) atoms. The second kappa shape index (κ2) is 8.15. The van der Waals surface area contributed by atoms with E-state index in [-0.39, 0.29) is 24.8 Å². The van der Waals surface area contributed by atoms with Gasteiger partial charge < -0.3 is 4.90 Å². The predicted octanol–water partition coefficient (Wildman–Crippen LogP) is 3.27. The zero-order valence-electron chi connectivity index (χ0n) is 18.3. The summed E-state index contributed by atoms with van der Waals surface area (Å²) in [6.45, 7) is 3.19. The zero-order valence-corrected chi connectivity index (χ0v) is 19.8. The van der Waals surface area contributed by atoms with Gasteiger partial charge in [-0.15, -0.1) is 0 Å². The average Bonchev–Trinajstić information content (AvgIpc) is 3.49. The van der Waals surface area contributed by atoms with Gasteiger partial charge >= 0.3 is 6.03 Å². The highest BCUT2D eigenvalue weighted by molar-refractivity contribution is 6.43. The molecule has 176 valence electrons. The molecule has 1 N–H and O–H groups in total. The molecule has 0 spiro atoms. The van der Waals surface area contributed by atoms with Gasteiger partial charge in [-0.2, -0.15) is 0 Å². The molecule has 0 unspecified atom stereocenters. The van der Waals surface area contributed by atoms with Crippen LogP contribution in [0.3, 0.4) is 0 Å². The lowest BCUT2D eigenvalue weighted by Crippen LogP contribution is -2.56. The van der Waals surface area contributed by atoms with E-state index in [1.807, 2.05) is 30.3 Å². The van der Waals surface area contributed by atoms with E-state index in [0.29, 0.717) is 34.2 Å². The van der Waals surface area contributed by atoms with E-state index >= 15 is 0 Å². The van der Waals surface area contributed by atoms with Gasteiger partial charge in [0, 0.05) is 43.7 Å². The maximum Gasteiger partial charge on any atom is 0.342 e. The molecule has 3 fully saturated rings. The van der Waals surface area contributed by atoms with Gasteiger partial charge in [0.15, 0.2) is 0 Å². The van der Waals surface area contributed by atoms with Crippen molar-refractivity contribution in [2.24, 2.45) is 0 Å². The number of piperazine rings is 1. The smallest absolute Gasteiger partial charge is 0.342 e. The van der Waals surface area contributed by atoms with Crippen LogP contribution in [0.25, 0.3) is 0 Å². The third-order valence-electron chi connectivity index (χ3n) is 7.26. The van der Waals surface area contributed by atoms with Crippen LogP contribution < -0.4 is 10.2 Å². The number of benzene rings is 2. The van der Waals surface area contributed by atoms with Gasteiger partial charge in [0.25, 0.3) is 5.91 Å². The minimum Gasteiger partial charge on any atom is -0.364 e. The van der Waals surface area contributed by atoms with Crippen molar-refractivity contribution >= 4 is 46.7 Å². The van der Waals surface area contributed by atoms with Crippen LogP contribution in [0.2, 0.25) is 10.0 Å². The Morgan fingerprint density at radius 3 is 2.62 bits per heavy atom. The molecule has 4 aliphatic rings. The summed E-state index contributed by atoms with van der Waals surface area (Å²) in [7, 11) is 0. The lowest BCUT2D eigenvalue weighted by atomic mass is 10.1. The molecule has 8 nitrogen and oxygen atoms in total. The SMILES string of the molecule is O=C1CCN(N2Cc3cc(CN4C[C@@H]5C[C@H]4CN5c4cccc(Cl)c4Cl)ccc3C2=O)C(=O)N1. The summed E-state index contributed by atoms with van der Waals surface area (Å²) in [5.41, 5.74) is 3.66. The fourth-order valence-corrected chi connectivity index (χ4v) is 6.03. The van der Waals surface area contributed by atoms with E-state index in [4.69, 9.17) is 23.2 Å². The summed E-state index contributed by atoms with van der Waals surface area (Å²) in [5, 5.41) is 6.23. The van der Waals surface area contributed by atoms with E-state index in [2.05, 4.69) is 21.2 Å². The van der Waals surface area contributed by atoms with E-state index in [9.17, 15) is 14.4 Å². The Labute approximate surface area is 206 Å². The molecule has 4 heterocycles. The molecular weight excluding hydrogens is 477 g/mol. The quantitative estimate of drug-likeness (QED) is 0.698. The van der Waals surface area contributed by atoms with Gasteiger partial charge in [-0.1, -0.05) is 41.4 Å². The van der Waals surface area contributed by atoms with Crippen LogP contribution in [0.4, 0.5) is 10.5 Å². The first-order valence-electron chi connectivity index (χ1n) is 11.4. The molecule has 0 radical (unpaired) electrons. The first kappa shape index (κ1) is 21.7. The van der Waals surface area contributed by atoms with Crippen molar-refractivity contribution in [3.05, 3.63) is 63.1 Å². The number of hydrogen-bond donors (Lipinski definition) is 1. The number of halogens is 2. The third-order valence-corrected chi connectivity index (χ3v) is 8.07. The normalized spacial score (nSPS) is 24.3. The number of imide groups is 1. The van der Waals surface area contributed by atoms with Crippen LogP contribution in [-0.2, 0) is 17.9 Å². The van der Waals surface area contributed by atoms with Crippen LogP contribution in [0, 0.1) is 0 Å². The van der Waals surface area contributed by atoms with Gasteiger partial charge in [-0.25, -0.2) is 14.8 Å². The third kappa shape index (κ3) is 3.52. The molecule has 0 saturated carbocycles. The molecular formula is C24H23Cl2N5O3. The van der Waals surface area contributed by atoms with Gasteiger partial charge in [-0.05, 0) is 35.7 Å². The summed E-state index contributed by atoms with van der Waals surface area (Å²) in [6, 6.07) is 12.0. The summed E-state index contributed by atoms with van der Waals surface area (Å²) >= 11 is 12.7. The van der Waals surface area contributed by atoms with E-state index in [0.717, 1.165) is 42.9 Å². The standard InChI is InChI=1S/C24H23Cl2N5O3/c25-19-2-1-3-20(22(19)26)29-13-16-9-17(29)12-28(16)10-14-4-5-18-15(8-14)11-31(23(18)33)30-7-6-21(32)27-24(30)34/h1-5,8,16-17H,6-7,9-13H2,(H,27,32,34)/t16-,17-/m0/s1. The average molecular weight is 500 g/mol. The summed E-state index contributed by atoms with van der Waals surface area (Å²) in [4.78, 5) is 41.4. The second-order valence-corrected chi connectivity index (χ2v) is 10.1. The fourth-order valence-electron chi connectivity index (χ4n) is 5.62. The molecule has 2 aromatic carbocycles. The number of hydrazine groups is 1. The number of nitrogens with one attached hydrogen (secondary N) is 1. The van der Waals surface area contributed by atoms with Gasteiger partial charge in [0.2, 0.25) is 5.91 Å². The number of anilines is 1. The van der Waals surface area contributed by atoms with Gasteiger partial charge in [0.05, 0.1) is 28.8 Å². The molecule has 4 aliphatic heterocycles. The van der Waals surface area contributed by atoms with E-state index in [1.54, 1.807) is 0 Å². The highest BCUT2D eigenvalue weighted by Gasteiger charge is 2.44. The number of likely N-dealkylation sites (tertiary alicyclic amines) is 1. The molecule has 10 heteroatoms. The Bertz CT molecular complexity index is 1220. The Morgan fingerprint density at radius 2 is 1.85 bits per heavy atom. The topological polar surface area (TPSA) is 76.2 Å². The van der Waals surface area contributed by atoms with Crippen molar-refractivity contribution in [3.63, 3.8) is 0 Å². The summed E-state index contributed by atoms with van der Waals surface area (Å²) in [5.74, 6) is -0.524. The van der Waals surface area contributed by atoms with Gasteiger partial charge in [-0.3, -0.25) is 19.8 Å². The van der Waals surface area contributed by atoms with Crippen molar-refractivity contribution in [3.8, 4) is 0 Å². The Kier molecular flexibility index (Phi) is 5.20. The lowest BCUT2D eigenvalue weighted by molar-refractivity contribution is -0.123. The number of nitrogens with zero attached hydrogens (tertiary/aromatic N) is 4. The van der Waals surface area contributed by atoms with Crippen LogP contribution in [-0.4, -0.2) is 64.5 Å². The minimum absolute atomic E-state index is 0.187. The largest absolute Gasteiger partial charge is 0.364 e. The van der Waals surface area contributed by atoms with Gasteiger partial charge in [0.1, 0.15) is 0 Å². The van der Waals surface area contributed by atoms with Crippen LogP contribution in [0.5, 0.6) is 0 Å². The van der Waals surface area contributed by atoms with Crippen LogP contribution in [0.15, 0.2) is 36.4 Å². The maximum absolute atomic E-state index is 12.9. The van der Waals surface area contributed by atoms with E-state index < -0.39 is 6.03 Å². The zero-order chi connectivity index (χ0) is 23.6. The number of rotatable bonds is 4. The second-order valence-electron chi connectivity index (χ2n) is 9.28. The molecule has 2 aromatic rings. The molecule has 2 bridgehead atoms. The first-order valence-corrected chi connectivity index (χ1v) is 12.1. The van der Waals surface area contributed by atoms with Crippen molar-refractivity contribution in [2.45, 2.75) is 38.0 Å². The predicted molar refractivity (Wildman–Crippen MR) is 128 cm³/mol. The number of urea groups is 1. The lowest BCUT2D eigenvalue weighted by Gasteiger charge is -2.36. The molecule has 0 aromatic heterocycles. The number of carbonyl (C=O) groups is 3. The first-order chi connectivity index (χ1) is 16.4. The number of carbonyl (C=O) groups excluding carboxylic acids is 3. The summed E-state index contributed by atoms with van der Waals surface area (Å²) in [6.07, 6.45) is 1.27. The maximum atomic E-state index is 12.9. The fraction of sp³-hybridized carbons (Fsp3) is 0.375. The Morgan fingerprint density at radius 1 is 1.00 bits per heavy atom. The number of hydrogen-bond acceptors (Lipinski definition) is 5. The Hall–Kier alpha value is -2.81. The van der Waals surface area contributed by atoms with Crippen molar-refractivity contribution in [1.29, 1.82) is 0 Å².